The average Bonchev–Trinajstić information content (AvgIpc) is 2.59. The van der Waals surface area contributed by atoms with Crippen LogP contribution in [0.5, 0.6) is 0 Å². The first-order chi connectivity index (χ1) is 11.5. The molecule has 0 bridgehead atoms. The third-order valence-electron chi connectivity index (χ3n) is 3.90. The van der Waals surface area contributed by atoms with Crippen molar-refractivity contribution in [1.29, 1.82) is 0 Å². The highest BCUT2D eigenvalue weighted by Crippen LogP contribution is 2.22. The highest BCUT2D eigenvalue weighted by molar-refractivity contribution is 14.1. The Labute approximate surface area is 154 Å². The summed E-state index contributed by atoms with van der Waals surface area (Å²) in [4.78, 5) is 23.6. The molecule has 24 heavy (non-hydrogen) atoms. The molecule has 1 aliphatic rings. The van der Waals surface area contributed by atoms with Crippen molar-refractivity contribution >= 4 is 40.1 Å². The summed E-state index contributed by atoms with van der Waals surface area (Å²) in [5.74, 6) is 0.542. The number of carbonyl (C=O) groups is 1. The van der Waals surface area contributed by atoms with Crippen LogP contribution >= 0.6 is 22.6 Å². The topological polar surface area (TPSA) is 67.3 Å². The average molecular weight is 438 g/mol. The summed E-state index contributed by atoms with van der Waals surface area (Å²) >= 11 is 2.21. The Bertz CT molecular complexity index is 720. The maximum atomic E-state index is 12.4. The van der Waals surface area contributed by atoms with E-state index in [4.69, 9.17) is 4.74 Å². The molecule has 1 aliphatic heterocycles. The van der Waals surface area contributed by atoms with Crippen molar-refractivity contribution in [1.82, 2.24) is 9.97 Å². The van der Waals surface area contributed by atoms with Gasteiger partial charge in [-0.1, -0.05) is 0 Å². The number of amides is 1. The summed E-state index contributed by atoms with van der Waals surface area (Å²) < 4.78 is 6.45. The normalized spacial score (nSPS) is 14.5. The third-order valence-corrected chi connectivity index (χ3v) is 4.62. The second kappa shape index (κ2) is 7.43. The lowest BCUT2D eigenvalue weighted by Gasteiger charge is -2.27. The zero-order valence-corrected chi connectivity index (χ0v) is 15.8. The predicted octanol–water partition coefficient (Wildman–Crippen LogP) is 2.79. The molecule has 2 heterocycles. The van der Waals surface area contributed by atoms with Crippen LogP contribution in [0.25, 0.3) is 0 Å². The Morgan fingerprint density at radius 2 is 1.71 bits per heavy atom. The number of hydrogen-bond donors (Lipinski definition) is 1. The predicted molar refractivity (Wildman–Crippen MR) is 102 cm³/mol. The smallest absolute Gasteiger partial charge is 0.255 e. The Balaban J connectivity index is 1.80. The number of benzene rings is 1. The lowest BCUT2D eigenvalue weighted by molar-refractivity contribution is 0.102. The number of aryl methyl sites for hydroxylation is 2. The Morgan fingerprint density at radius 3 is 2.29 bits per heavy atom. The highest BCUT2D eigenvalue weighted by Gasteiger charge is 2.18. The minimum atomic E-state index is -0.152. The van der Waals surface area contributed by atoms with Crippen LogP contribution in [0.1, 0.15) is 21.7 Å². The minimum absolute atomic E-state index is 0.152. The van der Waals surface area contributed by atoms with E-state index in [1.54, 1.807) is 0 Å². The molecule has 0 spiro atoms. The van der Waals surface area contributed by atoms with Gasteiger partial charge in [0.25, 0.3) is 5.91 Å². The van der Waals surface area contributed by atoms with Gasteiger partial charge in [-0.15, -0.1) is 0 Å². The second-order valence-electron chi connectivity index (χ2n) is 5.63. The number of carbonyl (C=O) groups excluding carboxylic acids is 1. The highest BCUT2D eigenvalue weighted by atomic mass is 127. The molecule has 0 radical (unpaired) electrons. The summed E-state index contributed by atoms with van der Waals surface area (Å²) in [5, 5.41) is 2.93. The lowest BCUT2D eigenvalue weighted by Crippen LogP contribution is -2.37. The fourth-order valence-electron chi connectivity index (χ4n) is 2.57. The molecule has 0 atom stereocenters. The maximum absolute atomic E-state index is 12.4. The van der Waals surface area contributed by atoms with Crippen molar-refractivity contribution in [3.05, 3.63) is 44.8 Å². The van der Waals surface area contributed by atoms with Crippen LogP contribution in [0.4, 0.5) is 11.6 Å². The van der Waals surface area contributed by atoms with Crippen molar-refractivity contribution < 1.29 is 9.53 Å². The zero-order chi connectivity index (χ0) is 17.1. The molecule has 0 saturated carbocycles. The molecule has 6 nitrogen and oxygen atoms in total. The molecular weight excluding hydrogens is 419 g/mol. The summed E-state index contributed by atoms with van der Waals surface area (Å²) in [6.45, 7) is 6.73. The molecule has 7 heteroatoms. The molecule has 1 aromatic carbocycles. The van der Waals surface area contributed by atoms with Gasteiger partial charge in [0.1, 0.15) is 0 Å². The molecule has 1 aromatic heterocycles. The summed E-state index contributed by atoms with van der Waals surface area (Å²) in [6, 6.07) is 7.44. The monoisotopic (exact) mass is 438 g/mol. The van der Waals surface area contributed by atoms with Gasteiger partial charge in [-0.3, -0.25) is 4.79 Å². The number of nitrogens with one attached hydrogen (secondary N) is 1. The number of ether oxygens (including phenoxy) is 1. The number of hydrogen-bond acceptors (Lipinski definition) is 5. The first kappa shape index (κ1) is 17.1. The number of morpholine rings is 1. The van der Waals surface area contributed by atoms with Crippen molar-refractivity contribution in [3.63, 3.8) is 0 Å². The van der Waals surface area contributed by atoms with Gasteiger partial charge in [-0.05, 0) is 60.7 Å². The van der Waals surface area contributed by atoms with Crippen LogP contribution in [0.15, 0.2) is 24.3 Å². The zero-order valence-electron chi connectivity index (χ0n) is 13.7. The standard InChI is InChI=1S/C17H19IN4O2/c1-11-15(21-16(23)13-3-5-14(18)6-4-13)12(2)20-17(19-11)22-7-9-24-10-8-22/h3-6H,7-10H2,1-2H3,(H,21,23). The van der Waals surface area contributed by atoms with E-state index in [2.05, 4.69) is 42.8 Å². The minimum Gasteiger partial charge on any atom is -0.378 e. The van der Waals surface area contributed by atoms with Crippen molar-refractivity contribution in [2.45, 2.75) is 13.8 Å². The first-order valence-electron chi connectivity index (χ1n) is 7.79. The van der Waals surface area contributed by atoms with Crippen molar-refractivity contribution in [2.24, 2.45) is 0 Å². The van der Waals surface area contributed by atoms with Gasteiger partial charge in [0, 0.05) is 22.2 Å². The molecule has 1 amide bonds. The van der Waals surface area contributed by atoms with Gasteiger partial charge < -0.3 is 15.0 Å². The Morgan fingerprint density at radius 1 is 1.12 bits per heavy atom. The molecule has 126 valence electrons. The van der Waals surface area contributed by atoms with Gasteiger partial charge in [0.05, 0.1) is 30.3 Å². The van der Waals surface area contributed by atoms with Gasteiger partial charge in [-0.2, -0.15) is 0 Å². The van der Waals surface area contributed by atoms with E-state index in [-0.39, 0.29) is 5.91 Å². The van der Waals surface area contributed by atoms with Crippen LogP contribution in [-0.4, -0.2) is 42.2 Å². The third kappa shape index (κ3) is 3.84. The van der Waals surface area contributed by atoms with E-state index in [1.165, 1.54) is 0 Å². The van der Waals surface area contributed by atoms with Crippen molar-refractivity contribution in [3.8, 4) is 0 Å². The molecule has 0 aliphatic carbocycles. The van der Waals surface area contributed by atoms with Crippen LogP contribution < -0.4 is 10.2 Å². The molecule has 2 aromatic rings. The van der Waals surface area contributed by atoms with E-state index < -0.39 is 0 Å². The maximum Gasteiger partial charge on any atom is 0.255 e. The Kier molecular flexibility index (Phi) is 5.30. The number of rotatable bonds is 3. The van der Waals surface area contributed by atoms with E-state index >= 15 is 0 Å². The first-order valence-corrected chi connectivity index (χ1v) is 8.87. The molecular formula is C17H19IN4O2. The summed E-state index contributed by atoms with van der Waals surface area (Å²) in [7, 11) is 0. The molecule has 1 saturated heterocycles. The number of nitrogens with zero attached hydrogens (tertiary/aromatic N) is 3. The lowest BCUT2D eigenvalue weighted by atomic mass is 10.2. The Hall–Kier alpha value is -1.74. The fraction of sp³-hybridized carbons (Fsp3) is 0.353. The molecule has 1 N–H and O–H groups in total. The van der Waals surface area contributed by atoms with E-state index in [9.17, 15) is 4.79 Å². The molecule has 0 unspecified atom stereocenters. The largest absolute Gasteiger partial charge is 0.378 e. The van der Waals surface area contributed by atoms with E-state index in [1.807, 2.05) is 38.1 Å². The van der Waals surface area contributed by atoms with Crippen LogP contribution in [0, 0.1) is 17.4 Å². The van der Waals surface area contributed by atoms with Crippen LogP contribution in [0.3, 0.4) is 0 Å². The van der Waals surface area contributed by atoms with E-state index in [0.717, 1.165) is 28.0 Å². The quantitative estimate of drug-likeness (QED) is 0.747. The number of halogens is 1. The SMILES string of the molecule is Cc1nc(N2CCOCC2)nc(C)c1NC(=O)c1ccc(I)cc1. The van der Waals surface area contributed by atoms with Gasteiger partial charge in [0.2, 0.25) is 5.95 Å². The van der Waals surface area contributed by atoms with Gasteiger partial charge >= 0.3 is 0 Å². The fourth-order valence-corrected chi connectivity index (χ4v) is 2.93. The number of anilines is 2. The second-order valence-corrected chi connectivity index (χ2v) is 6.88. The van der Waals surface area contributed by atoms with Crippen LogP contribution in [0.2, 0.25) is 0 Å². The number of aromatic nitrogens is 2. The van der Waals surface area contributed by atoms with Gasteiger partial charge in [0.15, 0.2) is 0 Å². The molecule has 1 fully saturated rings. The van der Waals surface area contributed by atoms with Gasteiger partial charge in [-0.25, -0.2) is 9.97 Å². The summed E-state index contributed by atoms with van der Waals surface area (Å²) in [5.41, 5.74) is 2.83. The van der Waals surface area contributed by atoms with Crippen LogP contribution in [-0.2, 0) is 4.74 Å². The summed E-state index contributed by atoms with van der Waals surface area (Å²) in [6.07, 6.45) is 0. The van der Waals surface area contributed by atoms with E-state index in [0.29, 0.717) is 30.4 Å². The molecule has 3 rings (SSSR count). The van der Waals surface area contributed by atoms with Crippen molar-refractivity contribution in [2.75, 3.05) is 36.5 Å².